The molecule has 0 unspecified atom stereocenters. The lowest BCUT2D eigenvalue weighted by Gasteiger charge is -2.16. The third-order valence-corrected chi connectivity index (χ3v) is 5.41. The molecule has 5 nitrogen and oxygen atoms in total. The maximum atomic E-state index is 12.4. The largest absolute Gasteiger partial charge is 0.452 e. The van der Waals surface area contributed by atoms with Crippen molar-refractivity contribution in [2.24, 2.45) is 0 Å². The van der Waals surface area contributed by atoms with E-state index in [9.17, 15) is 8.42 Å². The zero-order chi connectivity index (χ0) is 15.3. The van der Waals surface area contributed by atoms with E-state index in [-0.39, 0.29) is 22.2 Å². The summed E-state index contributed by atoms with van der Waals surface area (Å²) in [7, 11) is -3.64. The van der Waals surface area contributed by atoms with Crippen LogP contribution in [0.1, 0.15) is 26.5 Å². The normalized spacial score (nSPS) is 12.1. The molecule has 0 atom stereocenters. The summed E-state index contributed by atoms with van der Waals surface area (Å²) in [6.07, 6.45) is 5.20. The number of halogens is 1. The number of sulfonamides is 1. The van der Waals surface area contributed by atoms with Crippen molar-refractivity contribution in [3.63, 3.8) is 0 Å². The molecule has 112 valence electrons. The van der Waals surface area contributed by atoms with Crippen LogP contribution in [-0.2, 0) is 16.6 Å². The van der Waals surface area contributed by atoms with Crippen LogP contribution in [0.5, 0.6) is 0 Å². The second-order valence-electron chi connectivity index (χ2n) is 4.52. The molecule has 0 radical (unpaired) electrons. The van der Waals surface area contributed by atoms with Crippen molar-refractivity contribution in [1.29, 1.82) is 0 Å². The van der Waals surface area contributed by atoms with Gasteiger partial charge in [0.1, 0.15) is 10.7 Å². The van der Waals surface area contributed by atoms with E-state index in [2.05, 4.69) is 27.2 Å². The summed E-state index contributed by atoms with van der Waals surface area (Å²) in [4.78, 5) is 0.107. The van der Waals surface area contributed by atoms with Gasteiger partial charge in [-0.1, -0.05) is 26.7 Å². The predicted molar refractivity (Wildman–Crippen MR) is 81.6 cm³/mol. The Balaban J connectivity index is 3.04. The summed E-state index contributed by atoms with van der Waals surface area (Å²) >= 11 is 3.16. The molecular formula is C13H19BrN2O3S. The number of terminal acetylenes is 1. The molecule has 0 aliphatic rings. The first-order chi connectivity index (χ1) is 9.32. The van der Waals surface area contributed by atoms with E-state index >= 15 is 0 Å². The van der Waals surface area contributed by atoms with Crippen LogP contribution in [0.2, 0.25) is 0 Å². The summed E-state index contributed by atoms with van der Waals surface area (Å²) < 4.78 is 31.7. The number of hydrogen-bond donors (Lipinski definition) is 1. The fourth-order valence-corrected chi connectivity index (χ4v) is 3.90. The smallest absolute Gasteiger partial charge is 0.248 e. The van der Waals surface area contributed by atoms with E-state index in [0.717, 1.165) is 0 Å². The first kappa shape index (κ1) is 17.2. The summed E-state index contributed by atoms with van der Waals surface area (Å²) in [6.45, 7) is 6.56. The van der Waals surface area contributed by atoms with Crippen LogP contribution in [0, 0.1) is 12.3 Å². The van der Waals surface area contributed by atoms with Gasteiger partial charge in [0.15, 0.2) is 4.67 Å². The molecule has 0 aliphatic carbocycles. The Hall–Kier alpha value is -0.810. The molecule has 0 aromatic carbocycles. The Labute approximate surface area is 128 Å². The Morgan fingerprint density at radius 2 is 2.20 bits per heavy atom. The SMILES string of the molecule is C#CCN(CC)S(=O)(=O)c1cc(CNC(C)C)oc1Br. The van der Waals surface area contributed by atoms with Gasteiger partial charge in [-0.15, -0.1) is 6.42 Å². The molecule has 1 aromatic heterocycles. The minimum atomic E-state index is -3.64. The third-order valence-electron chi connectivity index (χ3n) is 2.63. The maximum Gasteiger partial charge on any atom is 0.248 e. The minimum Gasteiger partial charge on any atom is -0.452 e. The molecule has 0 amide bonds. The summed E-state index contributed by atoms with van der Waals surface area (Å²) in [5.74, 6) is 2.91. The molecule has 0 saturated carbocycles. The second kappa shape index (κ2) is 7.27. The highest BCUT2D eigenvalue weighted by molar-refractivity contribution is 9.10. The number of rotatable bonds is 7. The fourth-order valence-electron chi connectivity index (χ4n) is 1.57. The first-order valence-corrected chi connectivity index (χ1v) is 8.51. The molecule has 0 aliphatic heterocycles. The van der Waals surface area contributed by atoms with Gasteiger partial charge in [0, 0.05) is 18.7 Å². The number of furan rings is 1. The molecular weight excluding hydrogens is 344 g/mol. The molecule has 0 spiro atoms. The topological polar surface area (TPSA) is 62.6 Å². The van der Waals surface area contributed by atoms with Crippen LogP contribution in [0.25, 0.3) is 0 Å². The Morgan fingerprint density at radius 1 is 1.55 bits per heavy atom. The first-order valence-electron chi connectivity index (χ1n) is 6.28. The van der Waals surface area contributed by atoms with Crippen LogP contribution in [-0.4, -0.2) is 31.9 Å². The van der Waals surface area contributed by atoms with E-state index in [1.807, 2.05) is 13.8 Å². The highest BCUT2D eigenvalue weighted by atomic mass is 79.9. The van der Waals surface area contributed by atoms with Gasteiger partial charge in [-0.3, -0.25) is 0 Å². The van der Waals surface area contributed by atoms with E-state index in [0.29, 0.717) is 18.8 Å². The highest BCUT2D eigenvalue weighted by Crippen LogP contribution is 2.28. The molecule has 1 rings (SSSR count). The van der Waals surface area contributed by atoms with Crippen LogP contribution in [0.15, 0.2) is 20.0 Å². The second-order valence-corrected chi connectivity index (χ2v) is 7.15. The quantitative estimate of drug-likeness (QED) is 0.755. The zero-order valence-corrected chi connectivity index (χ0v) is 14.2. The van der Waals surface area contributed by atoms with Crippen molar-refractivity contribution in [3.05, 3.63) is 16.5 Å². The van der Waals surface area contributed by atoms with Crippen molar-refractivity contribution in [2.75, 3.05) is 13.1 Å². The van der Waals surface area contributed by atoms with Crippen molar-refractivity contribution >= 4 is 26.0 Å². The van der Waals surface area contributed by atoms with Crippen molar-refractivity contribution in [1.82, 2.24) is 9.62 Å². The van der Waals surface area contributed by atoms with Crippen LogP contribution >= 0.6 is 15.9 Å². The lowest BCUT2D eigenvalue weighted by Crippen LogP contribution is -2.31. The van der Waals surface area contributed by atoms with Crippen molar-refractivity contribution < 1.29 is 12.8 Å². The predicted octanol–water partition coefficient (Wildman–Crippen LogP) is 2.18. The summed E-state index contributed by atoms with van der Waals surface area (Å²) in [5, 5.41) is 3.17. The summed E-state index contributed by atoms with van der Waals surface area (Å²) in [5.41, 5.74) is 0. The number of nitrogens with zero attached hydrogens (tertiary/aromatic N) is 1. The van der Waals surface area contributed by atoms with Gasteiger partial charge >= 0.3 is 0 Å². The zero-order valence-electron chi connectivity index (χ0n) is 11.8. The maximum absolute atomic E-state index is 12.4. The summed E-state index contributed by atoms with van der Waals surface area (Å²) in [6, 6.07) is 1.81. The Morgan fingerprint density at radius 3 is 2.70 bits per heavy atom. The minimum absolute atomic E-state index is 0.0377. The van der Waals surface area contributed by atoms with Gasteiger partial charge in [0.25, 0.3) is 0 Å². The molecule has 0 saturated heterocycles. The van der Waals surface area contributed by atoms with Crippen molar-refractivity contribution in [3.8, 4) is 12.3 Å². The molecule has 7 heteroatoms. The number of hydrogen-bond acceptors (Lipinski definition) is 4. The van der Waals surface area contributed by atoms with Gasteiger partial charge < -0.3 is 9.73 Å². The molecule has 20 heavy (non-hydrogen) atoms. The molecule has 1 heterocycles. The van der Waals surface area contributed by atoms with E-state index < -0.39 is 10.0 Å². The van der Waals surface area contributed by atoms with Crippen LogP contribution in [0.4, 0.5) is 0 Å². The Bertz CT molecular complexity index is 587. The van der Waals surface area contributed by atoms with Crippen molar-refractivity contribution in [2.45, 2.75) is 38.3 Å². The van der Waals surface area contributed by atoms with E-state index in [1.54, 1.807) is 6.92 Å². The standard InChI is InChI=1S/C13H19BrN2O3S/c1-5-7-16(6-2)20(17,18)12-8-11(19-13(12)14)9-15-10(3)4/h1,8,10,15H,6-7,9H2,2-4H3. The van der Waals surface area contributed by atoms with Crippen LogP contribution in [0.3, 0.4) is 0 Å². The third kappa shape index (κ3) is 4.09. The van der Waals surface area contributed by atoms with E-state index in [1.165, 1.54) is 10.4 Å². The molecule has 1 aromatic rings. The lowest BCUT2D eigenvalue weighted by atomic mass is 10.3. The van der Waals surface area contributed by atoms with Gasteiger partial charge in [0.2, 0.25) is 10.0 Å². The number of nitrogens with one attached hydrogen (secondary N) is 1. The average molecular weight is 363 g/mol. The highest BCUT2D eigenvalue weighted by Gasteiger charge is 2.28. The molecule has 0 bridgehead atoms. The fraction of sp³-hybridized carbons (Fsp3) is 0.538. The molecule has 1 N–H and O–H groups in total. The van der Waals surface area contributed by atoms with Crippen LogP contribution < -0.4 is 5.32 Å². The van der Waals surface area contributed by atoms with Gasteiger partial charge in [-0.25, -0.2) is 8.42 Å². The Kier molecular flexibility index (Phi) is 6.27. The lowest BCUT2D eigenvalue weighted by molar-refractivity contribution is 0.441. The average Bonchev–Trinajstić information content (AvgIpc) is 2.75. The molecule has 0 fully saturated rings. The van der Waals surface area contributed by atoms with Gasteiger partial charge in [0.05, 0.1) is 13.1 Å². The van der Waals surface area contributed by atoms with E-state index in [4.69, 9.17) is 10.8 Å². The monoisotopic (exact) mass is 362 g/mol. The van der Waals surface area contributed by atoms with Gasteiger partial charge in [-0.05, 0) is 15.9 Å². The van der Waals surface area contributed by atoms with Gasteiger partial charge in [-0.2, -0.15) is 4.31 Å².